The first-order valence-electron chi connectivity index (χ1n) is 6.49. The Hall–Kier alpha value is -1.75. The van der Waals surface area contributed by atoms with Gasteiger partial charge in [0.15, 0.2) is 5.84 Å². The lowest BCUT2D eigenvalue weighted by atomic mass is 9.94. The van der Waals surface area contributed by atoms with Crippen molar-refractivity contribution in [2.24, 2.45) is 10.9 Å². The van der Waals surface area contributed by atoms with Crippen molar-refractivity contribution in [2.45, 2.75) is 32.3 Å². The van der Waals surface area contributed by atoms with Crippen LogP contribution < -0.4 is 10.6 Å². The maximum atomic E-state index is 10.1. The Kier molecular flexibility index (Phi) is 3.66. The molecular weight excluding hydrogens is 242 g/mol. The molecule has 1 aliphatic heterocycles. The van der Waals surface area contributed by atoms with Crippen LogP contribution in [-0.4, -0.2) is 34.8 Å². The molecule has 1 saturated heterocycles. The van der Waals surface area contributed by atoms with Gasteiger partial charge in [0.25, 0.3) is 0 Å². The molecule has 2 rings (SSSR count). The van der Waals surface area contributed by atoms with E-state index >= 15 is 0 Å². The van der Waals surface area contributed by atoms with E-state index in [1.54, 1.807) is 0 Å². The lowest BCUT2D eigenvalue weighted by Gasteiger charge is -2.38. The van der Waals surface area contributed by atoms with Crippen molar-refractivity contribution in [1.29, 1.82) is 0 Å². The van der Waals surface area contributed by atoms with E-state index in [-0.39, 0.29) is 5.84 Å². The number of anilines is 1. The SMILES string of the molecule is Cc1cc(N2CCCC(C)(O)C2)ccc1/C(N)=N/O. The number of oxime groups is 1. The first kappa shape index (κ1) is 13.7. The molecule has 1 unspecified atom stereocenters. The second-order valence-electron chi connectivity index (χ2n) is 5.51. The van der Waals surface area contributed by atoms with Crippen LogP contribution in [0, 0.1) is 6.92 Å². The van der Waals surface area contributed by atoms with Gasteiger partial charge >= 0.3 is 0 Å². The van der Waals surface area contributed by atoms with E-state index in [1.165, 1.54) is 0 Å². The van der Waals surface area contributed by atoms with Gasteiger partial charge < -0.3 is 20.9 Å². The third-order valence-corrected chi connectivity index (χ3v) is 3.63. The monoisotopic (exact) mass is 263 g/mol. The molecule has 1 atom stereocenters. The summed E-state index contributed by atoms with van der Waals surface area (Å²) in [6, 6.07) is 5.81. The summed E-state index contributed by atoms with van der Waals surface area (Å²) < 4.78 is 0. The van der Waals surface area contributed by atoms with Gasteiger partial charge in [-0.05, 0) is 50.5 Å². The molecule has 104 valence electrons. The van der Waals surface area contributed by atoms with Crippen LogP contribution in [0.15, 0.2) is 23.4 Å². The molecule has 19 heavy (non-hydrogen) atoms. The Morgan fingerprint density at radius 3 is 2.79 bits per heavy atom. The number of hydrogen-bond donors (Lipinski definition) is 3. The van der Waals surface area contributed by atoms with E-state index in [1.807, 2.05) is 32.0 Å². The predicted octanol–water partition coefficient (Wildman–Crippen LogP) is 1.44. The highest BCUT2D eigenvalue weighted by Gasteiger charge is 2.28. The fraction of sp³-hybridized carbons (Fsp3) is 0.500. The fourth-order valence-electron chi connectivity index (χ4n) is 2.63. The molecule has 5 nitrogen and oxygen atoms in total. The van der Waals surface area contributed by atoms with E-state index in [4.69, 9.17) is 10.9 Å². The second-order valence-corrected chi connectivity index (χ2v) is 5.51. The van der Waals surface area contributed by atoms with Crippen molar-refractivity contribution in [3.8, 4) is 0 Å². The molecule has 5 heteroatoms. The summed E-state index contributed by atoms with van der Waals surface area (Å²) in [4.78, 5) is 2.17. The predicted molar refractivity (Wildman–Crippen MR) is 75.8 cm³/mol. The lowest BCUT2D eigenvalue weighted by Crippen LogP contribution is -2.46. The number of hydrogen-bond acceptors (Lipinski definition) is 4. The average Bonchev–Trinajstić information content (AvgIpc) is 2.36. The number of piperidine rings is 1. The van der Waals surface area contributed by atoms with Crippen molar-refractivity contribution >= 4 is 11.5 Å². The molecule has 0 aromatic heterocycles. The number of amidine groups is 1. The lowest BCUT2D eigenvalue weighted by molar-refractivity contribution is 0.0449. The molecule has 0 amide bonds. The molecule has 1 aromatic rings. The van der Waals surface area contributed by atoms with E-state index in [0.29, 0.717) is 6.54 Å². The van der Waals surface area contributed by atoms with Gasteiger partial charge in [-0.15, -0.1) is 0 Å². The highest BCUT2D eigenvalue weighted by Crippen LogP contribution is 2.27. The van der Waals surface area contributed by atoms with Gasteiger partial charge in [-0.2, -0.15) is 0 Å². The molecule has 1 aromatic carbocycles. The number of aryl methyl sites for hydroxylation is 1. The normalized spacial score (nSPS) is 24.6. The topological polar surface area (TPSA) is 82.1 Å². The molecule has 0 radical (unpaired) electrons. The largest absolute Gasteiger partial charge is 0.409 e. The Morgan fingerprint density at radius 1 is 1.47 bits per heavy atom. The highest BCUT2D eigenvalue weighted by molar-refractivity contribution is 5.98. The number of β-amino-alcohol motifs (C(OH)–C–C–N with tert-alkyl or cyclic N) is 1. The zero-order valence-corrected chi connectivity index (χ0v) is 11.4. The molecular formula is C14H21N3O2. The summed E-state index contributed by atoms with van der Waals surface area (Å²) in [5, 5.41) is 21.9. The van der Waals surface area contributed by atoms with Gasteiger partial charge in [0, 0.05) is 24.3 Å². The van der Waals surface area contributed by atoms with Crippen molar-refractivity contribution in [1.82, 2.24) is 0 Å². The summed E-state index contributed by atoms with van der Waals surface area (Å²) in [7, 11) is 0. The highest BCUT2D eigenvalue weighted by atomic mass is 16.4. The van der Waals surface area contributed by atoms with Crippen LogP contribution in [0.25, 0.3) is 0 Å². The second kappa shape index (κ2) is 5.09. The van der Waals surface area contributed by atoms with Crippen LogP contribution in [-0.2, 0) is 0 Å². The average molecular weight is 263 g/mol. The van der Waals surface area contributed by atoms with Gasteiger partial charge in [-0.25, -0.2) is 0 Å². The van der Waals surface area contributed by atoms with Crippen LogP contribution in [0.4, 0.5) is 5.69 Å². The van der Waals surface area contributed by atoms with Crippen molar-refractivity contribution in [3.63, 3.8) is 0 Å². The molecule has 0 saturated carbocycles. The van der Waals surface area contributed by atoms with E-state index < -0.39 is 5.60 Å². The van der Waals surface area contributed by atoms with Crippen LogP contribution >= 0.6 is 0 Å². The summed E-state index contributed by atoms with van der Waals surface area (Å²) in [5.41, 5.74) is 7.73. The summed E-state index contributed by atoms with van der Waals surface area (Å²) in [6.07, 6.45) is 1.82. The van der Waals surface area contributed by atoms with Gasteiger partial charge in [0.1, 0.15) is 0 Å². The zero-order valence-electron chi connectivity index (χ0n) is 11.4. The number of rotatable bonds is 2. The number of aliphatic hydroxyl groups is 1. The van der Waals surface area contributed by atoms with Gasteiger partial charge in [-0.3, -0.25) is 0 Å². The molecule has 1 aliphatic rings. The summed E-state index contributed by atoms with van der Waals surface area (Å²) >= 11 is 0. The smallest absolute Gasteiger partial charge is 0.170 e. The van der Waals surface area contributed by atoms with E-state index in [2.05, 4.69) is 10.1 Å². The van der Waals surface area contributed by atoms with Crippen molar-refractivity contribution < 1.29 is 10.3 Å². The van der Waals surface area contributed by atoms with E-state index in [9.17, 15) is 5.11 Å². The Balaban J connectivity index is 2.25. The standard InChI is InChI=1S/C14H21N3O2/c1-10-8-11(4-5-12(10)13(15)16-19)17-7-3-6-14(2,18)9-17/h4-5,8,18-19H,3,6-7,9H2,1-2H3,(H2,15,16). The zero-order chi connectivity index (χ0) is 14.0. The van der Waals surface area contributed by atoms with Crippen LogP contribution in [0.2, 0.25) is 0 Å². The molecule has 0 bridgehead atoms. The van der Waals surface area contributed by atoms with Crippen LogP contribution in [0.5, 0.6) is 0 Å². The molecule has 0 aliphatic carbocycles. The van der Waals surface area contributed by atoms with Gasteiger partial charge in [0.05, 0.1) is 5.60 Å². The van der Waals surface area contributed by atoms with Crippen molar-refractivity contribution in [2.75, 3.05) is 18.0 Å². The maximum absolute atomic E-state index is 10.1. The first-order chi connectivity index (χ1) is 8.93. The van der Waals surface area contributed by atoms with Gasteiger partial charge in [-0.1, -0.05) is 5.16 Å². The quantitative estimate of drug-likeness (QED) is 0.326. The number of nitrogens with zero attached hydrogens (tertiary/aromatic N) is 2. The minimum absolute atomic E-state index is 0.120. The fourth-order valence-corrected chi connectivity index (χ4v) is 2.63. The van der Waals surface area contributed by atoms with Crippen LogP contribution in [0.3, 0.4) is 0 Å². The Labute approximate surface area is 113 Å². The minimum atomic E-state index is -0.629. The van der Waals surface area contributed by atoms with Gasteiger partial charge in [0.2, 0.25) is 0 Å². The molecule has 1 fully saturated rings. The molecule has 0 spiro atoms. The number of nitrogens with two attached hydrogens (primary N) is 1. The first-order valence-corrected chi connectivity index (χ1v) is 6.49. The minimum Gasteiger partial charge on any atom is -0.409 e. The third-order valence-electron chi connectivity index (χ3n) is 3.63. The molecule has 1 heterocycles. The van der Waals surface area contributed by atoms with Crippen LogP contribution in [0.1, 0.15) is 30.9 Å². The number of benzene rings is 1. The Bertz CT molecular complexity index is 497. The van der Waals surface area contributed by atoms with E-state index in [0.717, 1.165) is 36.2 Å². The summed E-state index contributed by atoms with van der Waals surface area (Å²) in [6.45, 7) is 5.38. The molecule has 4 N–H and O–H groups in total. The Morgan fingerprint density at radius 2 is 2.21 bits per heavy atom. The maximum Gasteiger partial charge on any atom is 0.170 e. The van der Waals surface area contributed by atoms with Crippen molar-refractivity contribution in [3.05, 3.63) is 29.3 Å². The summed E-state index contributed by atoms with van der Waals surface area (Å²) in [5.74, 6) is 0.120. The third kappa shape index (κ3) is 2.98.